The van der Waals surface area contributed by atoms with E-state index in [1.54, 1.807) is 6.07 Å². The van der Waals surface area contributed by atoms with Gasteiger partial charge in [-0.1, -0.05) is 37.3 Å². The minimum atomic E-state index is 0.00634. The van der Waals surface area contributed by atoms with Gasteiger partial charge in [-0.05, 0) is 86.2 Å². The second kappa shape index (κ2) is 10.6. The zero-order chi connectivity index (χ0) is 26.1. The van der Waals surface area contributed by atoms with Crippen LogP contribution in [0, 0.1) is 0 Å². The van der Waals surface area contributed by atoms with Crippen molar-refractivity contribution in [1.29, 1.82) is 0 Å². The Morgan fingerprint density at radius 1 is 0.974 bits per heavy atom. The highest BCUT2D eigenvalue weighted by Crippen LogP contribution is 2.31. The van der Waals surface area contributed by atoms with Crippen LogP contribution in [-0.4, -0.2) is 42.7 Å². The van der Waals surface area contributed by atoms with Crippen LogP contribution >= 0.6 is 0 Å². The minimum absolute atomic E-state index is 0.00634. The Morgan fingerprint density at radius 3 is 2.55 bits per heavy atom. The summed E-state index contributed by atoms with van der Waals surface area (Å²) >= 11 is 0. The van der Waals surface area contributed by atoms with Gasteiger partial charge in [0.1, 0.15) is 11.3 Å². The van der Waals surface area contributed by atoms with Gasteiger partial charge in [0.2, 0.25) is 0 Å². The molecular weight excluding hydrogens is 470 g/mol. The molecule has 1 unspecified atom stereocenters. The average Bonchev–Trinajstić information content (AvgIpc) is 3.12. The molecule has 196 valence electrons. The van der Waals surface area contributed by atoms with Crippen molar-refractivity contribution < 1.29 is 0 Å². The first-order chi connectivity index (χ1) is 18.6. The number of rotatable bonds is 5. The van der Waals surface area contributed by atoms with Gasteiger partial charge in [0, 0.05) is 48.8 Å². The number of benzene rings is 2. The van der Waals surface area contributed by atoms with E-state index in [0.717, 1.165) is 80.5 Å². The SMILES string of the molecule is CCC1=C(Nc2ccc(N3CCN(C)CC3)cc2)N=c2c(ccc(=O)n2C2CCCc3ccccc32)=CC1. The molecule has 1 fully saturated rings. The van der Waals surface area contributed by atoms with Crippen LogP contribution in [0.3, 0.4) is 0 Å². The Labute approximate surface area is 224 Å². The molecule has 1 saturated heterocycles. The number of likely N-dealkylation sites (N-methyl/N-ethyl adjacent to an activating group) is 1. The molecule has 3 heterocycles. The number of pyridine rings is 1. The lowest BCUT2D eigenvalue weighted by Gasteiger charge is -2.34. The molecule has 0 saturated carbocycles. The van der Waals surface area contributed by atoms with Crippen LogP contribution in [0.5, 0.6) is 0 Å². The van der Waals surface area contributed by atoms with E-state index in [9.17, 15) is 4.79 Å². The molecule has 0 bridgehead atoms. The van der Waals surface area contributed by atoms with Crippen LogP contribution < -0.4 is 26.5 Å². The van der Waals surface area contributed by atoms with Crippen molar-refractivity contribution in [2.75, 3.05) is 43.4 Å². The summed E-state index contributed by atoms with van der Waals surface area (Å²) in [5.74, 6) is 0.860. The monoisotopic (exact) mass is 507 g/mol. The summed E-state index contributed by atoms with van der Waals surface area (Å²) in [5.41, 5.74) is 6.89. The van der Waals surface area contributed by atoms with Crippen LogP contribution in [0.15, 0.2) is 81.8 Å². The molecule has 0 amide bonds. The van der Waals surface area contributed by atoms with Gasteiger partial charge in [0.05, 0.1) is 6.04 Å². The third-order valence-electron chi connectivity index (χ3n) is 8.32. The Balaban J connectivity index is 1.37. The van der Waals surface area contributed by atoms with Crippen molar-refractivity contribution in [3.05, 3.63) is 104 Å². The van der Waals surface area contributed by atoms with Crippen molar-refractivity contribution in [3.8, 4) is 0 Å². The molecule has 1 N–H and O–H groups in total. The molecule has 0 spiro atoms. The number of anilines is 2. The maximum absolute atomic E-state index is 13.4. The Hall–Kier alpha value is -3.64. The normalized spacial score (nSPS) is 19.6. The molecule has 38 heavy (non-hydrogen) atoms. The van der Waals surface area contributed by atoms with E-state index in [2.05, 4.69) is 83.7 Å². The van der Waals surface area contributed by atoms with E-state index >= 15 is 0 Å². The minimum Gasteiger partial charge on any atom is -0.369 e. The van der Waals surface area contributed by atoms with Crippen molar-refractivity contribution in [1.82, 2.24) is 9.47 Å². The molecule has 2 aromatic carbocycles. The first kappa shape index (κ1) is 24.7. The number of piperazine rings is 1. The van der Waals surface area contributed by atoms with Crippen LogP contribution in [0.1, 0.15) is 49.8 Å². The molecule has 1 aliphatic carbocycles. The highest BCUT2D eigenvalue weighted by atomic mass is 16.1. The zero-order valence-electron chi connectivity index (χ0n) is 22.5. The van der Waals surface area contributed by atoms with Crippen molar-refractivity contribution in [3.63, 3.8) is 0 Å². The fourth-order valence-corrected chi connectivity index (χ4v) is 6.03. The molecule has 6 nitrogen and oxygen atoms in total. The number of aryl methyl sites for hydroxylation is 1. The number of nitrogens with zero attached hydrogens (tertiary/aromatic N) is 4. The van der Waals surface area contributed by atoms with Gasteiger partial charge in [0.25, 0.3) is 5.56 Å². The lowest BCUT2D eigenvalue weighted by Crippen LogP contribution is -2.46. The first-order valence-electron chi connectivity index (χ1n) is 14.0. The summed E-state index contributed by atoms with van der Waals surface area (Å²) in [4.78, 5) is 23.4. The molecule has 1 atom stereocenters. The summed E-state index contributed by atoms with van der Waals surface area (Å²) < 4.78 is 1.95. The lowest BCUT2D eigenvalue weighted by atomic mass is 9.87. The van der Waals surface area contributed by atoms with Gasteiger partial charge in [-0.2, -0.15) is 0 Å². The Kier molecular flexibility index (Phi) is 6.90. The van der Waals surface area contributed by atoms with E-state index in [-0.39, 0.29) is 11.6 Å². The molecule has 1 aromatic heterocycles. The van der Waals surface area contributed by atoms with Gasteiger partial charge in [-0.15, -0.1) is 0 Å². The number of hydrogen-bond donors (Lipinski definition) is 1. The van der Waals surface area contributed by atoms with Crippen molar-refractivity contribution in [2.24, 2.45) is 4.99 Å². The third-order valence-corrected chi connectivity index (χ3v) is 8.32. The van der Waals surface area contributed by atoms with E-state index in [0.29, 0.717) is 0 Å². The highest BCUT2D eigenvalue weighted by molar-refractivity contribution is 5.58. The number of allylic oxidation sites excluding steroid dienone is 1. The van der Waals surface area contributed by atoms with Crippen LogP contribution in [-0.2, 0) is 6.42 Å². The van der Waals surface area contributed by atoms with Crippen molar-refractivity contribution >= 4 is 17.5 Å². The largest absolute Gasteiger partial charge is 0.369 e. The molecule has 0 radical (unpaired) electrons. The fourth-order valence-electron chi connectivity index (χ4n) is 6.03. The summed E-state index contributed by atoms with van der Waals surface area (Å²) in [6.45, 7) is 6.47. The second-order valence-electron chi connectivity index (χ2n) is 10.7. The molecule has 3 aromatic rings. The summed E-state index contributed by atoms with van der Waals surface area (Å²) in [7, 11) is 2.18. The predicted octanol–water partition coefficient (Wildman–Crippen LogP) is 4.06. The smallest absolute Gasteiger partial charge is 0.252 e. The summed E-state index contributed by atoms with van der Waals surface area (Å²) in [5, 5.41) is 4.65. The predicted molar refractivity (Wildman–Crippen MR) is 155 cm³/mol. The third kappa shape index (κ3) is 4.81. The molecule has 3 aliphatic rings. The number of fused-ring (bicyclic) bond motifs is 2. The number of nitrogens with one attached hydrogen (secondary N) is 1. The van der Waals surface area contributed by atoms with Gasteiger partial charge >= 0.3 is 0 Å². The summed E-state index contributed by atoms with van der Waals surface area (Å²) in [6, 6.07) is 20.9. The second-order valence-corrected chi connectivity index (χ2v) is 10.7. The first-order valence-corrected chi connectivity index (χ1v) is 14.0. The molecular formula is C32H37N5O. The van der Waals surface area contributed by atoms with Gasteiger partial charge < -0.3 is 15.1 Å². The lowest BCUT2D eigenvalue weighted by molar-refractivity contribution is 0.313. The zero-order valence-corrected chi connectivity index (χ0v) is 22.5. The molecule has 2 aliphatic heterocycles. The fraction of sp³-hybridized carbons (Fsp3) is 0.375. The standard InChI is InChI=1S/C32H37N5O/c1-3-23-11-12-25-13-18-30(38)37(29-10-6-8-24-7-4-5-9-28(24)29)32(25)34-31(23)33-26-14-16-27(17-15-26)36-21-19-35(2)20-22-36/h4-5,7,9,12-18,29,33H,3,6,8,10-11,19-22H2,1-2H3. The topological polar surface area (TPSA) is 52.9 Å². The van der Waals surface area contributed by atoms with Gasteiger partial charge in [-0.25, -0.2) is 4.99 Å². The van der Waals surface area contributed by atoms with E-state index in [4.69, 9.17) is 4.99 Å². The molecule has 6 rings (SSSR count). The molecule has 6 heteroatoms. The summed E-state index contributed by atoms with van der Waals surface area (Å²) in [6.07, 6.45) is 7.02. The number of hydrogen-bond acceptors (Lipinski definition) is 5. The van der Waals surface area contributed by atoms with E-state index in [1.807, 2.05) is 10.6 Å². The number of aromatic nitrogens is 1. The van der Waals surface area contributed by atoms with Crippen LogP contribution in [0.2, 0.25) is 0 Å². The van der Waals surface area contributed by atoms with Crippen LogP contribution in [0.25, 0.3) is 6.08 Å². The van der Waals surface area contributed by atoms with E-state index < -0.39 is 0 Å². The van der Waals surface area contributed by atoms with E-state index in [1.165, 1.54) is 22.4 Å². The van der Waals surface area contributed by atoms with Gasteiger partial charge in [-0.3, -0.25) is 9.36 Å². The maximum atomic E-state index is 13.4. The average molecular weight is 508 g/mol. The maximum Gasteiger partial charge on any atom is 0.252 e. The van der Waals surface area contributed by atoms with Crippen LogP contribution in [0.4, 0.5) is 11.4 Å². The highest BCUT2D eigenvalue weighted by Gasteiger charge is 2.24. The Morgan fingerprint density at radius 2 is 1.76 bits per heavy atom. The quantitative estimate of drug-likeness (QED) is 0.566. The Bertz CT molecular complexity index is 1530. The van der Waals surface area contributed by atoms with Crippen molar-refractivity contribution in [2.45, 2.75) is 45.1 Å². The van der Waals surface area contributed by atoms with Gasteiger partial charge in [0.15, 0.2) is 0 Å².